The first kappa shape index (κ1) is 27.1. The SMILES string of the molecule is CCNC(=NCC(C)(O)CN1CCOCC1)NCC1(c2ccccc2OC)CCCC1.I. The van der Waals surface area contributed by atoms with Crippen molar-refractivity contribution in [2.24, 2.45) is 4.99 Å². The largest absolute Gasteiger partial charge is 0.496 e. The second kappa shape index (κ2) is 13.0. The minimum Gasteiger partial charge on any atom is -0.496 e. The molecular formula is C24H41IN4O3. The highest BCUT2D eigenvalue weighted by atomic mass is 127. The lowest BCUT2D eigenvalue weighted by Crippen LogP contribution is -2.49. The number of morpholine rings is 1. The van der Waals surface area contributed by atoms with Crippen LogP contribution in [0.4, 0.5) is 0 Å². The highest BCUT2D eigenvalue weighted by Gasteiger charge is 2.38. The maximum atomic E-state index is 10.9. The Hall–Kier alpha value is -1.10. The van der Waals surface area contributed by atoms with Gasteiger partial charge in [0.15, 0.2) is 5.96 Å². The number of benzene rings is 1. The average Bonchev–Trinajstić information content (AvgIpc) is 3.26. The average molecular weight is 561 g/mol. The highest BCUT2D eigenvalue weighted by Crippen LogP contribution is 2.44. The number of ether oxygens (including phenoxy) is 2. The van der Waals surface area contributed by atoms with Crippen LogP contribution in [0, 0.1) is 0 Å². The van der Waals surface area contributed by atoms with Crippen molar-refractivity contribution >= 4 is 29.9 Å². The molecule has 1 atom stereocenters. The van der Waals surface area contributed by atoms with Crippen LogP contribution in [0.2, 0.25) is 0 Å². The normalized spacial score (nSPS) is 20.8. The van der Waals surface area contributed by atoms with Gasteiger partial charge in [0.1, 0.15) is 5.75 Å². The summed E-state index contributed by atoms with van der Waals surface area (Å²) in [6.45, 7) is 9.63. The van der Waals surface area contributed by atoms with Crippen molar-refractivity contribution in [1.29, 1.82) is 0 Å². The van der Waals surface area contributed by atoms with E-state index in [-0.39, 0.29) is 29.4 Å². The predicted octanol–water partition coefficient (Wildman–Crippen LogP) is 2.76. The Labute approximate surface area is 210 Å². The molecule has 1 aliphatic carbocycles. The summed E-state index contributed by atoms with van der Waals surface area (Å²) in [4.78, 5) is 6.98. The molecule has 1 saturated carbocycles. The van der Waals surface area contributed by atoms with Crippen LogP contribution in [0.1, 0.15) is 45.1 Å². The molecule has 0 aromatic heterocycles. The topological polar surface area (TPSA) is 78.4 Å². The van der Waals surface area contributed by atoms with E-state index >= 15 is 0 Å². The molecule has 3 N–H and O–H groups in total. The van der Waals surface area contributed by atoms with Crippen molar-refractivity contribution < 1.29 is 14.6 Å². The zero-order chi connectivity index (χ0) is 22.2. The van der Waals surface area contributed by atoms with Gasteiger partial charge in [0.2, 0.25) is 0 Å². The molecule has 7 nitrogen and oxygen atoms in total. The standard InChI is InChI=1S/C24H40N4O3.HI/c1-4-25-22(26-17-23(2,29)19-28-13-15-31-16-14-28)27-18-24(11-7-8-12-24)20-9-5-6-10-21(20)30-3;/h5-6,9-10,29H,4,7-8,11-19H2,1-3H3,(H2,25,26,27);1H. The number of aliphatic hydroxyl groups is 1. The minimum absolute atomic E-state index is 0. The van der Waals surface area contributed by atoms with Crippen molar-refractivity contribution in [2.45, 2.75) is 50.5 Å². The summed E-state index contributed by atoms with van der Waals surface area (Å²) in [5.41, 5.74) is 0.435. The minimum atomic E-state index is -0.882. The third-order valence-electron chi connectivity index (χ3n) is 6.42. The van der Waals surface area contributed by atoms with Gasteiger partial charge in [-0.25, -0.2) is 0 Å². The molecule has 2 fully saturated rings. The first-order chi connectivity index (χ1) is 15.0. The molecule has 0 amide bonds. The third-order valence-corrected chi connectivity index (χ3v) is 6.42. The lowest BCUT2D eigenvalue weighted by atomic mass is 9.78. The molecule has 1 heterocycles. The smallest absolute Gasteiger partial charge is 0.191 e. The molecule has 8 heteroatoms. The molecule has 1 aliphatic heterocycles. The summed E-state index contributed by atoms with van der Waals surface area (Å²) in [6, 6.07) is 8.38. The molecule has 1 aromatic rings. The molecule has 182 valence electrons. The van der Waals surface area contributed by atoms with E-state index < -0.39 is 5.60 Å². The molecule has 1 saturated heterocycles. The van der Waals surface area contributed by atoms with Crippen molar-refractivity contribution in [3.63, 3.8) is 0 Å². The zero-order valence-electron chi connectivity index (χ0n) is 19.9. The lowest BCUT2D eigenvalue weighted by molar-refractivity contribution is -0.0180. The first-order valence-corrected chi connectivity index (χ1v) is 11.7. The van der Waals surface area contributed by atoms with Gasteiger partial charge in [-0.1, -0.05) is 31.0 Å². The molecule has 1 unspecified atom stereocenters. The van der Waals surface area contributed by atoms with Crippen LogP contribution in [-0.2, 0) is 10.2 Å². The highest BCUT2D eigenvalue weighted by molar-refractivity contribution is 14.0. The second-order valence-corrected chi connectivity index (χ2v) is 9.12. The summed E-state index contributed by atoms with van der Waals surface area (Å²) in [5, 5.41) is 17.8. The molecule has 1 aromatic carbocycles. The van der Waals surface area contributed by atoms with Gasteiger partial charge in [0.25, 0.3) is 0 Å². The van der Waals surface area contributed by atoms with E-state index in [1.54, 1.807) is 7.11 Å². The summed E-state index contributed by atoms with van der Waals surface area (Å²) in [6.07, 6.45) is 4.71. The fourth-order valence-corrected chi connectivity index (χ4v) is 4.81. The number of para-hydroxylation sites is 1. The fraction of sp³-hybridized carbons (Fsp3) is 0.708. The molecule has 0 radical (unpaired) electrons. The Balaban J connectivity index is 0.00000363. The van der Waals surface area contributed by atoms with E-state index in [0.29, 0.717) is 13.1 Å². The molecule has 2 aliphatic rings. The van der Waals surface area contributed by atoms with E-state index in [9.17, 15) is 5.11 Å². The lowest BCUT2D eigenvalue weighted by Gasteiger charge is -2.33. The van der Waals surface area contributed by atoms with Gasteiger partial charge in [0.05, 0.1) is 32.5 Å². The number of hydrogen-bond acceptors (Lipinski definition) is 5. The quantitative estimate of drug-likeness (QED) is 0.245. The summed E-state index contributed by atoms with van der Waals surface area (Å²) >= 11 is 0. The summed E-state index contributed by atoms with van der Waals surface area (Å²) < 4.78 is 11.1. The van der Waals surface area contributed by atoms with E-state index in [1.807, 2.05) is 13.0 Å². The van der Waals surface area contributed by atoms with Crippen LogP contribution in [0.15, 0.2) is 29.3 Å². The van der Waals surface area contributed by atoms with Crippen LogP contribution in [0.25, 0.3) is 0 Å². The number of halogens is 1. The van der Waals surface area contributed by atoms with Crippen LogP contribution in [0.3, 0.4) is 0 Å². The van der Waals surface area contributed by atoms with E-state index in [4.69, 9.17) is 14.5 Å². The van der Waals surface area contributed by atoms with Crippen LogP contribution < -0.4 is 15.4 Å². The third kappa shape index (κ3) is 7.46. The van der Waals surface area contributed by atoms with Gasteiger partial charge < -0.3 is 25.2 Å². The molecule has 0 spiro atoms. The molecule has 0 bridgehead atoms. The van der Waals surface area contributed by atoms with Gasteiger partial charge in [-0.3, -0.25) is 9.89 Å². The Morgan fingerprint density at radius 1 is 1.22 bits per heavy atom. The second-order valence-electron chi connectivity index (χ2n) is 9.12. The van der Waals surface area contributed by atoms with Crippen molar-refractivity contribution in [1.82, 2.24) is 15.5 Å². The Bertz CT molecular complexity index is 717. The molecule has 3 rings (SSSR count). The van der Waals surface area contributed by atoms with Crippen LogP contribution in [-0.4, -0.2) is 81.2 Å². The van der Waals surface area contributed by atoms with E-state index in [2.05, 4.69) is 40.7 Å². The Morgan fingerprint density at radius 3 is 2.56 bits per heavy atom. The number of methoxy groups -OCH3 is 1. The fourth-order valence-electron chi connectivity index (χ4n) is 4.81. The van der Waals surface area contributed by atoms with Crippen molar-refractivity contribution in [3.8, 4) is 5.75 Å². The number of nitrogens with zero attached hydrogens (tertiary/aromatic N) is 2. The summed E-state index contributed by atoms with van der Waals surface area (Å²) in [5.74, 6) is 1.72. The molecular weight excluding hydrogens is 519 g/mol. The van der Waals surface area contributed by atoms with Gasteiger partial charge in [-0.2, -0.15) is 0 Å². The van der Waals surface area contributed by atoms with Crippen LogP contribution in [0.5, 0.6) is 5.75 Å². The van der Waals surface area contributed by atoms with Gasteiger partial charge >= 0.3 is 0 Å². The summed E-state index contributed by atoms with van der Waals surface area (Å²) in [7, 11) is 1.75. The van der Waals surface area contributed by atoms with Crippen LogP contribution >= 0.6 is 24.0 Å². The number of nitrogens with one attached hydrogen (secondary N) is 2. The number of guanidine groups is 1. The van der Waals surface area contributed by atoms with E-state index in [0.717, 1.165) is 63.9 Å². The van der Waals surface area contributed by atoms with Gasteiger partial charge in [-0.15, -0.1) is 24.0 Å². The number of aliphatic imine (C=N–C) groups is 1. The molecule has 32 heavy (non-hydrogen) atoms. The maximum Gasteiger partial charge on any atom is 0.191 e. The van der Waals surface area contributed by atoms with Gasteiger partial charge in [0, 0.05) is 43.7 Å². The predicted molar refractivity (Wildman–Crippen MR) is 140 cm³/mol. The number of hydrogen-bond donors (Lipinski definition) is 3. The van der Waals surface area contributed by atoms with Crippen molar-refractivity contribution in [3.05, 3.63) is 29.8 Å². The van der Waals surface area contributed by atoms with Gasteiger partial charge in [-0.05, 0) is 32.8 Å². The number of β-amino-alcohol motifs (C(OH)–C–C–N with tert-alkyl or cyclic N) is 1. The first-order valence-electron chi connectivity index (χ1n) is 11.7. The zero-order valence-corrected chi connectivity index (χ0v) is 22.2. The Kier molecular flexibility index (Phi) is 11.0. The number of rotatable bonds is 9. The van der Waals surface area contributed by atoms with E-state index in [1.165, 1.54) is 18.4 Å². The maximum absolute atomic E-state index is 10.9. The van der Waals surface area contributed by atoms with Crippen molar-refractivity contribution in [2.75, 3.05) is 59.6 Å². The monoisotopic (exact) mass is 560 g/mol. The Morgan fingerprint density at radius 2 is 1.91 bits per heavy atom.